The van der Waals surface area contributed by atoms with E-state index >= 15 is 0 Å². The SMILES string of the molecule is CCC(CC)(CBr)NC(=O)C1CSc2ccccc21. The summed E-state index contributed by atoms with van der Waals surface area (Å²) in [6.45, 7) is 4.25. The fourth-order valence-electron chi connectivity index (χ4n) is 2.38. The molecule has 0 spiro atoms. The van der Waals surface area contributed by atoms with Crippen LogP contribution in [-0.4, -0.2) is 22.5 Å². The van der Waals surface area contributed by atoms with Crippen molar-refractivity contribution in [1.82, 2.24) is 5.32 Å². The number of thioether (sulfide) groups is 1. The zero-order valence-corrected chi connectivity index (χ0v) is 13.8. The van der Waals surface area contributed by atoms with Crippen molar-refractivity contribution in [3.63, 3.8) is 0 Å². The summed E-state index contributed by atoms with van der Waals surface area (Å²) in [6.07, 6.45) is 1.89. The van der Waals surface area contributed by atoms with Gasteiger partial charge in [0.25, 0.3) is 0 Å². The van der Waals surface area contributed by atoms with Crippen LogP contribution >= 0.6 is 27.7 Å². The van der Waals surface area contributed by atoms with E-state index in [2.05, 4.69) is 47.2 Å². The summed E-state index contributed by atoms with van der Waals surface area (Å²) < 4.78 is 0. The van der Waals surface area contributed by atoms with Crippen molar-refractivity contribution in [2.75, 3.05) is 11.1 Å². The molecule has 19 heavy (non-hydrogen) atoms. The minimum absolute atomic E-state index is 0.00211. The Morgan fingerprint density at radius 1 is 1.42 bits per heavy atom. The van der Waals surface area contributed by atoms with Crippen LogP contribution in [0.1, 0.15) is 38.2 Å². The van der Waals surface area contributed by atoms with Crippen LogP contribution in [0.3, 0.4) is 0 Å². The zero-order valence-electron chi connectivity index (χ0n) is 11.4. The van der Waals surface area contributed by atoms with Gasteiger partial charge in [0.2, 0.25) is 5.91 Å². The molecular formula is C15H20BrNOS. The number of hydrogen-bond acceptors (Lipinski definition) is 2. The normalized spacial score (nSPS) is 18.2. The summed E-state index contributed by atoms with van der Waals surface area (Å²) in [7, 11) is 0. The molecule has 1 N–H and O–H groups in total. The van der Waals surface area contributed by atoms with Crippen molar-refractivity contribution in [3.8, 4) is 0 Å². The van der Waals surface area contributed by atoms with Crippen molar-refractivity contribution in [3.05, 3.63) is 29.8 Å². The predicted molar refractivity (Wildman–Crippen MR) is 85.2 cm³/mol. The van der Waals surface area contributed by atoms with Gasteiger partial charge in [0.05, 0.1) is 5.92 Å². The van der Waals surface area contributed by atoms with Gasteiger partial charge in [0, 0.05) is 21.5 Å². The highest BCUT2D eigenvalue weighted by Gasteiger charge is 2.34. The first-order valence-corrected chi connectivity index (χ1v) is 8.86. The lowest BCUT2D eigenvalue weighted by Gasteiger charge is -2.32. The second-order valence-corrected chi connectivity index (χ2v) is 6.63. The van der Waals surface area contributed by atoms with Gasteiger partial charge in [-0.05, 0) is 24.5 Å². The van der Waals surface area contributed by atoms with Crippen LogP contribution in [0, 0.1) is 0 Å². The average molecular weight is 342 g/mol. The Labute approximate surface area is 127 Å². The molecule has 0 saturated carbocycles. The lowest BCUT2D eigenvalue weighted by atomic mass is 9.93. The van der Waals surface area contributed by atoms with Crippen LogP contribution < -0.4 is 5.32 Å². The van der Waals surface area contributed by atoms with E-state index < -0.39 is 0 Å². The Morgan fingerprint density at radius 2 is 2.11 bits per heavy atom. The van der Waals surface area contributed by atoms with E-state index in [4.69, 9.17) is 0 Å². The summed E-state index contributed by atoms with van der Waals surface area (Å²) in [5.41, 5.74) is 1.07. The second kappa shape index (κ2) is 6.31. The zero-order chi connectivity index (χ0) is 13.9. The average Bonchev–Trinajstić information content (AvgIpc) is 2.89. The maximum Gasteiger partial charge on any atom is 0.228 e. The van der Waals surface area contributed by atoms with Gasteiger partial charge < -0.3 is 5.32 Å². The Balaban J connectivity index is 2.14. The van der Waals surface area contributed by atoms with Gasteiger partial charge in [-0.25, -0.2) is 0 Å². The number of halogens is 1. The number of hydrogen-bond donors (Lipinski definition) is 1. The molecule has 0 radical (unpaired) electrons. The molecule has 1 aliphatic heterocycles. The number of amides is 1. The number of carbonyl (C=O) groups excluding carboxylic acids is 1. The predicted octanol–water partition coefficient (Wildman–Crippen LogP) is 3.95. The van der Waals surface area contributed by atoms with Crippen molar-refractivity contribution >= 4 is 33.6 Å². The molecule has 0 aliphatic carbocycles. The van der Waals surface area contributed by atoms with E-state index in [0.29, 0.717) is 0 Å². The summed E-state index contributed by atoms with van der Waals surface area (Å²) >= 11 is 5.32. The molecule has 0 aromatic heterocycles. The van der Waals surface area contributed by atoms with Gasteiger partial charge in [-0.1, -0.05) is 48.0 Å². The Morgan fingerprint density at radius 3 is 2.74 bits per heavy atom. The van der Waals surface area contributed by atoms with Crippen LogP contribution in [0.15, 0.2) is 29.2 Å². The number of carbonyl (C=O) groups is 1. The molecule has 1 aromatic rings. The number of fused-ring (bicyclic) bond motifs is 1. The highest BCUT2D eigenvalue weighted by Crippen LogP contribution is 2.39. The van der Waals surface area contributed by atoms with Crippen molar-refractivity contribution in [2.45, 2.75) is 43.0 Å². The molecule has 104 valence electrons. The Kier molecular flexibility index (Phi) is 4.96. The minimum atomic E-state index is -0.112. The van der Waals surface area contributed by atoms with Gasteiger partial charge in [0.1, 0.15) is 0 Å². The number of rotatable bonds is 5. The van der Waals surface area contributed by atoms with Gasteiger partial charge in [0.15, 0.2) is 0 Å². The van der Waals surface area contributed by atoms with E-state index in [1.807, 2.05) is 12.1 Å². The Hall–Kier alpha value is -0.480. The molecule has 1 unspecified atom stereocenters. The summed E-state index contributed by atoms with van der Waals surface area (Å²) in [6, 6.07) is 8.23. The fourth-order valence-corrected chi connectivity index (χ4v) is 4.54. The van der Waals surface area contributed by atoms with Crippen LogP contribution in [0.25, 0.3) is 0 Å². The molecular weight excluding hydrogens is 322 g/mol. The van der Waals surface area contributed by atoms with E-state index in [9.17, 15) is 4.79 Å². The van der Waals surface area contributed by atoms with Crippen molar-refractivity contribution in [2.24, 2.45) is 0 Å². The van der Waals surface area contributed by atoms with Crippen LogP contribution in [0.4, 0.5) is 0 Å². The molecule has 2 nitrogen and oxygen atoms in total. The third-order valence-corrected chi connectivity index (χ3v) is 6.27. The van der Waals surface area contributed by atoms with E-state index in [1.165, 1.54) is 10.5 Å². The second-order valence-electron chi connectivity index (χ2n) is 5.01. The molecule has 4 heteroatoms. The first kappa shape index (κ1) is 14.9. The quantitative estimate of drug-likeness (QED) is 0.821. The van der Waals surface area contributed by atoms with Gasteiger partial charge in [-0.3, -0.25) is 4.79 Å². The first-order valence-electron chi connectivity index (χ1n) is 6.75. The lowest BCUT2D eigenvalue weighted by Crippen LogP contribution is -2.50. The fraction of sp³-hybridized carbons (Fsp3) is 0.533. The maximum atomic E-state index is 12.6. The third kappa shape index (κ3) is 3.00. The summed E-state index contributed by atoms with van der Waals surface area (Å²) in [5, 5.41) is 4.07. The van der Waals surface area contributed by atoms with E-state index in [-0.39, 0.29) is 17.4 Å². The summed E-state index contributed by atoms with van der Waals surface area (Å²) in [4.78, 5) is 13.8. The molecule has 2 rings (SSSR count). The standard InChI is InChI=1S/C15H20BrNOS/c1-3-15(4-2,10-16)17-14(18)12-9-19-13-8-6-5-7-11(12)13/h5-8,12H,3-4,9-10H2,1-2H3,(H,17,18). The molecule has 1 atom stereocenters. The molecule has 1 aromatic carbocycles. The molecule has 0 fully saturated rings. The van der Waals surface area contributed by atoms with Gasteiger partial charge in [-0.15, -0.1) is 11.8 Å². The number of benzene rings is 1. The van der Waals surface area contributed by atoms with Gasteiger partial charge in [-0.2, -0.15) is 0 Å². The number of alkyl halides is 1. The molecule has 1 amide bonds. The van der Waals surface area contributed by atoms with Crippen LogP contribution in [0.5, 0.6) is 0 Å². The smallest absolute Gasteiger partial charge is 0.228 e. The molecule has 0 bridgehead atoms. The Bertz CT molecular complexity index is 451. The minimum Gasteiger partial charge on any atom is -0.349 e. The topological polar surface area (TPSA) is 29.1 Å². The lowest BCUT2D eigenvalue weighted by molar-refractivity contribution is -0.123. The van der Waals surface area contributed by atoms with Gasteiger partial charge >= 0.3 is 0 Å². The van der Waals surface area contributed by atoms with Crippen molar-refractivity contribution in [1.29, 1.82) is 0 Å². The summed E-state index contributed by atoms with van der Waals surface area (Å²) in [5.74, 6) is 1.02. The third-order valence-electron chi connectivity index (χ3n) is 4.01. The maximum absolute atomic E-state index is 12.6. The molecule has 1 aliphatic rings. The van der Waals surface area contributed by atoms with Crippen molar-refractivity contribution < 1.29 is 4.79 Å². The molecule has 0 saturated heterocycles. The van der Waals surface area contributed by atoms with Crippen LogP contribution in [-0.2, 0) is 4.79 Å². The monoisotopic (exact) mass is 341 g/mol. The van der Waals surface area contributed by atoms with E-state index in [1.54, 1.807) is 11.8 Å². The highest BCUT2D eigenvalue weighted by molar-refractivity contribution is 9.09. The number of nitrogens with one attached hydrogen (secondary N) is 1. The van der Waals surface area contributed by atoms with Crippen LogP contribution in [0.2, 0.25) is 0 Å². The highest BCUT2D eigenvalue weighted by atomic mass is 79.9. The first-order chi connectivity index (χ1) is 9.15. The van der Waals surface area contributed by atoms with E-state index in [0.717, 1.165) is 23.9 Å². The largest absolute Gasteiger partial charge is 0.349 e. The molecule has 1 heterocycles.